The number of aliphatic carboxylic acids is 1. The minimum absolute atomic E-state index is 0.103. The molecule has 0 aliphatic carbocycles. The topological polar surface area (TPSA) is 69.6 Å². The highest BCUT2D eigenvalue weighted by Crippen LogP contribution is 2.09. The summed E-state index contributed by atoms with van der Waals surface area (Å²) in [5, 5.41) is 11.5. The van der Waals surface area contributed by atoms with E-state index in [4.69, 9.17) is 5.11 Å². The van der Waals surface area contributed by atoms with Gasteiger partial charge >= 0.3 is 5.97 Å². The standard InChI is InChI=1S/C14H19FN2O3/c1-10(14(19)20)7-17(9-13(18)16-2)8-11-3-5-12(15)6-4-11/h3-6,10H,7-9H2,1-2H3,(H,16,18)(H,19,20). The maximum atomic E-state index is 12.8. The van der Waals surface area contributed by atoms with Crippen LogP contribution in [0.3, 0.4) is 0 Å². The van der Waals surface area contributed by atoms with Gasteiger partial charge in [-0.2, -0.15) is 0 Å². The number of carboxylic acids is 1. The molecule has 5 nitrogen and oxygen atoms in total. The number of benzene rings is 1. The smallest absolute Gasteiger partial charge is 0.307 e. The van der Waals surface area contributed by atoms with Crippen molar-refractivity contribution in [3.8, 4) is 0 Å². The van der Waals surface area contributed by atoms with E-state index in [9.17, 15) is 14.0 Å². The van der Waals surface area contributed by atoms with E-state index in [0.29, 0.717) is 6.54 Å². The highest BCUT2D eigenvalue weighted by molar-refractivity contribution is 5.77. The lowest BCUT2D eigenvalue weighted by Gasteiger charge is -2.23. The van der Waals surface area contributed by atoms with Gasteiger partial charge < -0.3 is 10.4 Å². The highest BCUT2D eigenvalue weighted by atomic mass is 19.1. The lowest BCUT2D eigenvalue weighted by molar-refractivity contribution is -0.142. The van der Waals surface area contributed by atoms with Crippen LogP contribution in [0.5, 0.6) is 0 Å². The van der Waals surface area contributed by atoms with Crippen LogP contribution >= 0.6 is 0 Å². The molecule has 110 valence electrons. The van der Waals surface area contributed by atoms with Crippen molar-refractivity contribution in [2.24, 2.45) is 5.92 Å². The third-order valence-electron chi connectivity index (χ3n) is 2.92. The minimum Gasteiger partial charge on any atom is -0.481 e. The third-order valence-corrected chi connectivity index (χ3v) is 2.92. The maximum absolute atomic E-state index is 12.8. The van der Waals surface area contributed by atoms with E-state index in [1.54, 1.807) is 24.0 Å². The molecule has 0 radical (unpaired) electrons. The zero-order valence-corrected chi connectivity index (χ0v) is 11.6. The van der Waals surface area contributed by atoms with Gasteiger partial charge in [-0.05, 0) is 17.7 Å². The van der Waals surface area contributed by atoms with Gasteiger partial charge in [0.25, 0.3) is 0 Å². The van der Waals surface area contributed by atoms with Crippen LogP contribution in [0.15, 0.2) is 24.3 Å². The number of nitrogens with one attached hydrogen (secondary N) is 1. The molecule has 0 saturated carbocycles. The zero-order chi connectivity index (χ0) is 15.1. The van der Waals surface area contributed by atoms with Crippen LogP contribution in [0, 0.1) is 11.7 Å². The molecule has 2 N–H and O–H groups in total. The van der Waals surface area contributed by atoms with Gasteiger partial charge in [0.15, 0.2) is 0 Å². The summed E-state index contributed by atoms with van der Waals surface area (Å²) in [4.78, 5) is 24.1. The fourth-order valence-electron chi connectivity index (χ4n) is 1.78. The Labute approximate surface area is 117 Å². The molecule has 20 heavy (non-hydrogen) atoms. The Morgan fingerprint density at radius 3 is 2.45 bits per heavy atom. The van der Waals surface area contributed by atoms with E-state index >= 15 is 0 Å². The van der Waals surface area contributed by atoms with E-state index in [0.717, 1.165) is 5.56 Å². The lowest BCUT2D eigenvalue weighted by atomic mass is 10.1. The Kier molecular flexibility index (Phi) is 6.11. The summed E-state index contributed by atoms with van der Waals surface area (Å²) >= 11 is 0. The normalized spacial score (nSPS) is 12.2. The second-order valence-corrected chi connectivity index (χ2v) is 4.71. The van der Waals surface area contributed by atoms with E-state index in [-0.39, 0.29) is 24.8 Å². The Morgan fingerprint density at radius 2 is 1.95 bits per heavy atom. The summed E-state index contributed by atoms with van der Waals surface area (Å²) < 4.78 is 12.8. The summed E-state index contributed by atoms with van der Waals surface area (Å²) in [7, 11) is 1.53. The second-order valence-electron chi connectivity index (χ2n) is 4.71. The molecule has 0 fully saturated rings. The summed E-state index contributed by atoms with van der Waals surface area (Å²) in [6.45, 7) is 2.33. The van der Waals surface area contributed by atoms with E-state index in [1.165, 1.54) is 19.2 Å². The molecule has 0 bridgehead atoms. The zero-order valence-electron chi connectivity index (χ0n) is 11.6. The maximum Gasteiger partial charge on any atom is 0.307 e. The van der Waals surface area contributed by atoms with Crippen molar-refractivity contribution in [2.45, 2.75) is 13.5 Å². The first-order valence-electron chi connectivity index (χ1n) is 6.32. The number of halogens is 1. The lowest BCUT2D eigenvalue weighted by Crippen LogP contribution is -2.39. The van der Waals surface area contributed by atoms with Gasteiger partial charge in [0, 0.05) is 20.1 Å². The molecular weight excluding hydrogens is 263 g/mol. The van der Waals surface area contributed by atoms with Crippen molar-refractivity contribution >= 4 is 11.9 Å². The number of hydrogen-bond acceptors (Lipinski definition) is 3. The molecule has 0 spiro atoms. The van der Waals surface area contributed by atoms with Crippen LogP contribution in [-0.4, -0.2) is 42.0 Å². The second kappa shape index (κ2) is 7.59. The SMILES string of the molecule is CNC(=O)CN(Cc1ccc(F)cc1)CC(C)C(=O)O. The Bertz CT molecular complexity index is 462. The first kappa shape index (κ1) is 16.1. The van der Waals surface area contributed by atoms with E-state index in [2.05, 4.69) is 5.32 Å². The van der Waals surface area contributed by atoms with Crippen LogP contribution in [0.1, 0.15) is 12.5 Å². The molecule has 0 heterocycles. The number of carbonyl (C=O) groups is 2. The monoisotopic (exact) mass is 282 g/mol. The van der Waals surface area contributed by atoms with Crippen molar-refractivity contribution in [1.82, 2.24) is 10.2 Å². The van der Waals surface area contributed by atoms with E-state index < -0.39 is 11.9 Å². The summed E-state index contributed by atoms with van der Waals surface area (Å²) in [6, 6.07) is 5.93. The molecule has 0 aromatic heterocycles. The van der Waals surface area contributed by atoms with Gasteiger partial charge in [0.1, 0.15) is 5.82 Å². The molecule has 1 rings (SSSR count). The first-order chi connectivity index (χ1) is 9.42. The number of hydrogen-bond donors (Lipinski definition) is 2. The first-order valence-corrected chi connectivity index (χ1v) is 6.32. The molecule has 1 atom stereocenters. The molecule has 6 heteroatoms. The van der Waals surface area contributed by atoms with Crippen LogP contribution in [0.25, 0.3) is 0 Å². The summed E-state index contributed by atoms with van der Waals surface area (Å²) in [6.07, 6.45) is 0. The summed E-state index contributed by atoms with van der Waals surface area (Å²) in [5.74, 6) is -2.01. The van der Waals surface area contributed by atoms with Gasteiger partial charge in [0.2, 0.25) is 5.91 Å². The third kappa shape index (κ3) is 5.36. The Hall–Kier alpha value is -1.95. The predicted octanol–water partition coefficient (Wildman–Crippen LogP) is 1.09. The predicted molar refractivity (Wildman–Crippen MR) is 72.5 cm³/mol. The number of carbonyl (C=O) groups excluding carboxylic acids is 1. The van der Waals surface area contributed by atoms with Gasteiger partial charge in [0.05, 0.1) is 12.5 Å². The average molecular weight is 282 g/mol. The molecule has 0 aliphatic rings. The fourth-order valence-corrected chi connectivity index (χ4v) is 1.78. The van der Waals surface area contributed by atoms with Crippen LogP contribution < -0.4 is 5.32 Å². The molecule has 1 amide bonds. The largest absolute Gasteiger partial charge is 0.481 e. The minimum atomic E-state index is -0.911. The van der Waals surface area contributed by atoms with E-state index in [1.807, 2.05) is 0 Å². The molecule has 0 aliphatic heterocycles. The van der Waals surface area contributed by atoms with Gasteiger partial charge in [-0.25, -0.2) is 4.39 Å². The fraction of sp³-hybridized carbons (Fsp3) is 0.429. The molecule has 1 aromatic carbocycles. The molecule has 0 saturated heterocycles. The van der Waals surface area contributed by atoms with Crippen molar-refractivity contribution < 1.29 is 19.1 Å². The molecule has 1 unspecified atom stereocenters. The number of likely N-dealkylation sites (N-methyl/N-ethyl adjacent to an activating group) is 1. The average Bonchev–Trinajstić information content (AvgIpc) is 2.40. The van der Waals surface area contributed by atoms with Crippen molar-refractivity contribution in [1.29, 1.82) is 0 Å². The van der Waals surface area contributed by atoms with Crippen LogP contribution in [0.4, 0.5) is 4.39 Å². The highest BCUT2D eigenvalue weighted by Gasteiger charge is 2.18. The molecular formula is C14H19FN2O3. The van der Waals surface area contributed by atoms with Gasteiger partial charge in [-0.3, -0.25) is 14.5 Å². The number of carboxylic acid groups (broad SMARTS) is 1. The quantitative estimate of drug-likeness (QED) is 0.785. The Balaban J connectivity index is 2.73. The molecule has 1 aromatic rings. The van der Waals surface area contributed by atoms with Crippen molar-refractivity contribution in [3.63, 3.8) is 0 Å². The van der Waals surface area contributed by atoms with Gasteiger partial charge in [-0.15, -0.1) is 0 Å². The number of nitrogens with zero attached hydrogens (tertiary/aromatic N) is 1. The van der Waals surface area contributed by atoms with Crippen molar-refractivity contribution in [3.05, 3.63) is 35.6 Å². The van der Waals surface area contributed by atoms with Crippen LogP contribution in [0.2, 0.25) is 0 Å². The van der Waals surface area contributed by atoms with Gasteiger partial charge in [-0.1, -0.05) is 19.1 Å². The summed E-state index contributed by atoms with van der Waals surface area (Å²) in [5.41, 5.74) is 0.827. The number of amides is 1. The van der Waals surface area contributed by atoms with Crippen LogP contribution in [-0.2, 0) is 16.1 Å². The Morgan fingerprint density at radius 1 is 1.35 bits per heavy atom. The van der Waals surface area contributed by atoms with Crippen molar-refractivity contribution in [2.75, 3.05) is 20.1 Å². The number of rotatable bonds is 7.